The summed E-state index contributed by atoms with van der Waals surface area (Å²) in [6.07, 6.45) is 0. The van der Waals surface area contributed by atoms with Gasteiger partial charge in [0.25, 0.3) is 0 Å². The van der Waals surface area contributed by atoms with E-state index in [0.717, 1.165) is 22.4 Å². The van der Waals surface area contributed by atoms with E-state index in [1.807, 2.05) is 41.9 Å². The summed E-state index contributed by atoms with van der Waals surface area (Å²) in [5.74, 6) is 1.10. The minimum absolute atomic E-state index is 0.251. The Morgan fingerprint density at radius 3 is 2.56 bits per heavy atom. The third kappa shape index (κ3) is 1.73. The van der Waals surface area contributed by atoms with Crippen molar-refractivity contribution in [1.29, 1.82) is 0 Å². The first-order valence-corrected chi connectivity index (χ1v) is 5.94. The molecule has 2 aromatic carbocycles. The summed E-state index contributed by atoms with van der Waals surface area (Å²) >= 11 is 5.99. The maximum absolute atomic E-state index is 9.30. The normalized spacial score (nSPS) is 11.0. The van der Waals surface area contributed by atoms with Crippen molar-refractivity contribution in [1.82, 2.24) is 9.55 Å². The molecule has 0 aliphatic carbocycles. The Kier molecular flexibility index (Phi) is 2.49. The number of aryl methyl sites for hydroxylation is 1. The SMILES string of the molecule is Cn1c(-c2ccc(O)cc2)nc2ccc(Cl)cc21. The number of aromatic hydroxyl groups is 1. The summed E-state index contributed by atoms with van der Waals surface area (Å²) in [5.41, 5.74) is 2.86. The van der Waals surface area contributed by atoms with Crippen molar-refractivity contribution in [3.8, 4) is 17.1 Å². The van der Waals surface area contributed by atoms with Crippen molar-refractivity contribution in [3.05, 3.63) is 47.5 Å². The molecule has 0 radical (unpaired) electrons. The lowest BCUT2D eigenvalue weighted by Gasteiger charge is -2.02. The zero-order valence-electron chi connectivity index (χ0n) is 9.76. The first-order valence-electron chi connectivity index (χ1n) is 5.56. The van der Waals surface area contributed by atoms with Crippen molar-refractivity contribution in [2.45, 2.75) is 0 Å². The quantitative estimate of drug-likeness (QED) is 0.724. The zero-order chi connectivity index (χ0) is 12.7. The fourth-order valence-corrected chi connectivity index (χ4v) is 2.20. The van der Waals surface area contributed by atoms with Gasteiger partial charge in [-0.2, -0.15) is 0 Å². The fraction of sp³-hybridized carbons (Fsp3) is 0.0714. The van der Waals surface area contributed by atoms with Crippen LogP contribution in [0, 0.1) is 0 Å². The first kappa shape index (κ1) is 11.1. The minimum Gasteiger partial charge on any atom is -0.508 e. The van der Waals surface area contributed by atoms with E-state index in [1.165, 1.54) is 0 Å². The van der Waals surface area contributed by atoms with Crippen LogP contribution in [-0.2, 0) is 7.05 Å². The predicted octanol–water partition coefficient (Wildman–Crippen LogP) is 3.60. The number of halogens is 1. The van der Waals surface area contributed by atoms with Gasteiger partial charge >= 0.3 is 0 Å². The van der Waals surface area contributed by atoms with Gasteiger partial charge in [0.15, 0.2) is 0 Å². The van der Waals surface area contributed by atoms with Crippen LogP contribution in [0.4, 0.5) is 0 Å². The molecule has 0 amide bonds. The summed E-state index contributed by atoms with van der Waals surface area (Å²) in [6.45, 7) is 0. The second kappa shape index (κ2) is 4.03. The highest BCUT2D eigenvalue weighted by molar-refractivity contribution is 6.31. The van der Waals surface area contributed by atoms with Gasteiger partial charge in [-0.1, -0.05) is 11.6 Å². The summed E-state index contributed by atoms with van der Waals surface area (Å²) in [4.78, 5) is 4.58. The smallest absolute Gasteiger partial charge is 0.140 e. The van der Waals surface area contributed by atoms with Gasteiger partial charge in [0.2, 0.25) is 0 Å². The van der Waals surface area contributed by atoms with Crippen LogP contribution in [0.1, 0.15) is 0 Å². The van der Waals surface area contributed by atoms with Crippen molar-refractivity contribution in [2.75, 3.05) is 0 Å². The lowest BCUT2D eigenvalue weighted by Crippen LogP contribution is -1.91. The molecular formula is C14H11ClN2O. The molecule has 0 spiro atoms. The molecule has 3 rings (SSSR count). The molecule has 0 bridgehead atoms. The standard InChI is InChI=1S/C14H11ClN2O/c1-17-13-8-10(15)4-7-12(13)16-14(17)9-2-5-11(18)6-3-9/h2-8,18H,1H3. The zero-order valence-corrected chi connectivity index (χ0v) is 10.5. The molecule has 0 aliphatic rings. The third-order valence-corrected chi connectivity index (χ3v) is 3.20. The maximum atomic E-state index is 9.30. The van der Waals surface area contributed by atoms with E-state index in [-0.39, 0.29) is 5.75 Å². The number of phenolic OH excluding ortho intramolecular Hbond substituents is 1. The molecule has 90 valence electrons. The van der Waals surface area contributed by atoms with E-state index in [4.69, 9.17) is 11.6 Å². The van der Waals surface area contributed by atoms with Gasteiger partial charge < -0.3 is 9.67 Å². The Bertz CT molecular complexity index is 716. The number of rotatable bonds is 1. The number of fused-ring (bicyclic) bond motifs is 1. The molecule has 18 heavy (non-hydrogen) atoms. The highest BCUT2D eigenvalue weighted by Crippen LogP contribution is 2.26. The van der Waals surface area contributed by atoms with Crippen LogP contribution in [-0.4, -0.2) is 14.7 Å². The average molecular weight is 259 g/mol. The largest absolute Gasteiger partial charge is 0.508 e. The Morgan fingerprint density at radius 2 is 1.83 bits per heavy atom. The molecular weight excluding hydrogens is 248 g/mol. The minimum atomic E-state index is 0.251. The molecule has 0 atom stereocenters. The van der Waals surface area contributed by atoms with E-state index in [9.17, 15) is 5.11 Å². The van der Waals surface area contributed by atoms with Crippen molar-refractivity contribution < 1.29 is 5.11 Å². The number of phenols is 1. The van der Waals surface area contributed by atoms with E-state index < -0.39 is 0 Å². The van der Waals surface area contributed by atoms with E-state index in [1.54, 1.807) is 12.1 Å². The third-order valence-electron chi connectivity index (χ3n) is 2.97. The second-order valence-corrected chi connectivity index (χ2v) is 4.61. The van der Waals surface area contributed by atoms with Crippen LogP contribution in [0.3, 0.4) is 0 Å². The van der Waals surface area contributed by atoms with Crippen LogP contribution in [0.2, 0.25) is 5.02 Å². The molecule has 1 heterocycles. The molecule has 0 saturated carbocycles. The van der Waals surface area contributed by atoms with E-state index in [2.05, 4.69) is 4.98 Å². The Balaban J connectivity index is 2.23. The van der Waals surface area contributed by atoms with Gasteiger partial charge in [-0.05, 0) is 42.5 Å². The highest BCUT2D eigenvalue weighted by atomic mass is 35.5. The van der Waals surface area contributed by atoms with E-state index in [0.29, 0.717) is 5.02 Å². The maximum Gasteiger partial charge on any atom is 0.140 e. The van der Waals surface area contributed by atoms with Gasteiger partial charge in [0, 0.05) is 17.6 Å². The Labute approximate surface area is 109 Å². The molecule has 0 aliphatic heterocycles. The topological polar surface area (TPSA) is 38.0 Å². The van der Waals surface area contributed by atoms with Crippen molar-refractivity contribution >= 4 is 22.6 Å². The summed E-state index contributed by atoms with van der Waals surface area (Å²) < 4.78 is 1.99. The number of nitrogens with zero attached hydrogens (tertiary/aromatic N) is 2. The van der Waals surface area contributed by atoms with Gasteiger partial charge in [0.1, 0.15) is 11.6 Å². The molecule has 0 unspecified atom stereocenters. The number of hydrogen-bond acceptors (Lipinski definition) is 2. The van der Waals surface area contributed by atoms with Crippen LogP contribution in [0.5, 0.6) is 5.75 Å². The number of imidazole rings is 1. The van der Waals surface area contributed by atoms with Crippen LogP contribution in [0.15, 0.2) is 42.5 Å². The molecule has 4 heteroatoms. The van der Waals surface area contributed by atoms with E-state index >= 15 is 0 Å². The second-order valence-electron chi connectivity index (χ2n) is 4.17. The molecule has 3 nitrogen and oxygen atoms in total. The van der Waals surface area contributed by atoms with Crippen molar-refractivity contribution in [2.24, 2.45) is 7.05 Å². The Morgan fingerprint density at radius 1 is 1.11 bits per heavy atom. The van der Waals surface area contributed by atoms with Gasteiger partial charge in [-0.3, -0.25) is 0 Å². The number of hydrogen-bond donors (Lipinski definition) is 1. The average Bonchev–Trinajstić information content (AvgIpc) is 2.68. The monoisotopic (exact) mass is 258 g/mol. The lowest BCUT2D eigenvalue weighted by atomic mass is 10.2. The summed E-state index contributed by atoms with van der Waals surface area (Å²) in [6, 6.07) is 12.6. The number of benzene rings is 2. The lowest BCUT2D eigenvalue weighted by molar-refractivity contribution is 0.475. The molecule has 1 aromatic heterocycles. The van der Waals surface area contributed by atoms with Crippen LogP contribution >= 0.6 is 11.6 Å². The highest BCUT2D eigenvalue weighted by Gasteiger charge is 2.09. The fourth-order valence-electron chi connectivity index (χ4n) is 2.03. The Hall–Kier alpha value is -2.00. The summed E-state index contributed by atoms with van der Waals surface area (Å²) in [5, 5.41) is 10.0. The predicted molar refractivity (Wildman–Crippen MR) is 72.8 cm³/mol. The van der Waals surface area contributed by atoms with Crippen LogP contribution in [0.25, 0.3) is 22.4 Å². The summed E-state index contributed by atoms with van der Waals surface area (Å²) in [7, 11) is 1.95. The molecule has 3 aromatic rings. The first-order chi connectivity index (χ1) is 8.65. The number of aromatic nitrogens is 2. The van der Waals surface area contributed by atoms with Gasteiger partial charge in [-0.25, -0.2) is 4.98 Å². The van der Waals surface area contributed by atoms with Gasteiger partial charge in [-0.15, -0.1) is 0 Å². The van der Waals surface area contributed by atoms with Crippen LogP contribution < -0.4 is 0 Å². The van der Waals surface area contributed by atoms with Crippen molar-refractivity contribution in [3.63, 3.8) is 0 Å². The molecule has 0 saturated heterocycles. The molecule has 1 N–H and O–H groups in total. The molecule has 0 fully saturated rings. The van der Waals surface area contributed by atoms with Gasteiger partial charge in [0.05, 0.1) is 11.0 Å².